The normalized spacial score (nSPS) is 17.3. The van der Waals surface area contributed by atoms with Crippen molar-refractivity contribution in [3.05, 3.63) is 52.0 Å². The number of aryl methyl sites for hydroxylation is 1. The van der Waals surface area contributed by atoms with Gasteiger partial charge in [-0.15, -0.1) is 0 Å². The number of amides is 2. The molecule has 0 aromatic heterocycles. The first-order chi connectivity index (χ1) is 16.8. The minimum absolute atomic E-state index is 0.213. The van der Waals surface area contributed by atoms with E-state index in [1.165, 1.54) is 4.90 Å². The van der Waals surface area contributed by atoms with E-state index in [1.807, 2.05) is 30.3 Å². The summed E-state index contributed by atoms with van der Waals surface area (Å²) in [7, 11) is 0. The van der Waals surface area contributed by atoms with Gasteiger partial charge in [-0.1, -0.05) is 35.3 Å². The number of ether oxygens (including phenoxy) is 1. The van der Waals surface area contributed by atoms with Gasteiger partial charge in [0.15, 0.2) is 0 Å². The summed E-state index contributed by atoms with van der Waals surface area (Å²) in [4.78, 5) is 30.8. The van der Waals surface area contributed by atoms with Crippen molar-refractivity contribution in [2.24, 2.45) is 5.73 Å². The van der Waals surface area contributed by atoms with Gasteiger partial charge in [-0.2, -0.15) is 0 Å². The fourth-order valence-electron chi connectivity index (χ4n) is 4.56. The third-order valence-electron chi connectivity index (χ3n) is 6.55. The molecule has 0 saturated carbocycles. The van der Waals surface area contributed by atoms with Crippen LogP contribution in [0.4, 0.5) is 11.4 Å². The molecule has 1 saturated heterocycles. The van der Waals surface area contributed by atoms with Crippen LogP contribution in [0.25, 0.3) is 0 Å². The van der Waals surface area contributed by atoms with Gasteiger partial charge in [-0.25, -0.2) is 4.90 Å². The second-order valence-electron chi connectivity index (χ2n) is 9.10. The molecule has 0 spiro atoms. The Hall–Kier alpha value is -2.32. The van der Waals surface area contributed by atoms with Crippen molar-refractivity contribution >= 4 is 46.4 Å². The van der Waals surface area contributed by atoms with E-state index in [0.717, 1.165) is 56.8 Å². The molecule has 35 heavy (non-hydrogen) atoms. The third-order valence-corrected chi connectivity index (χ3v) is 7.36. The highest BCUT2D eigenvalue weighted by Crippen LogP contribution is 2.33. The fraction of sp³-hybridized carbons (Fsp3) is 0.462. The number of nitrogens with zero attached hydrogens (tertiary/aromatic N) is 3. The molecule has 1 unspecified atom stereocenters. The second-order valence-corrected chi connectivity index (χ2v) is 9.89. The van der Waals surface area contributed by atoms with Crippen LogP contribution in [0.2, 0.25) is 10.0 Å². The van der Waals surface area contributed by atoms with Crippen molar-refractivity contribution in [1.82, 2.24) is 4.90 Å². The third kappa shape index (κ3) is 6.09. The minimum Gasteiger partial charge on any atom is -0.494 e. The molecular weight excluding hydrogens is 487 g/mol. The Morgan fingerprint density at radius 2 is 1.83 bits per heavy atom. The number of fused-ring (bicyclic) bond motifs is 1. The van der Waals surface area contributed by atoms with Crippen molar-refractivity contribution in [1.29, 1.82) is 0 Å². The second kappa shape index (κ2) is 11.6. The van der Waals surface area contributed by atoms with Crippen molar-refractivity contribution in [2.75, 3.05) is 49.1 Å². The van der Waals surface area contributed by atoms with Gasteiger partial charge in [0.1, 0.15) is 5.75 Å². The maximum Gasteiger partial charge on any atom is 0.250 e. The number of nitrogens with two attached hydrogens (primary N) is 1. The van der Waals surface area contributed by atoms with E-state index in [0.29, 0.717) is 40.9 Å². The maximum atomic E-state index is 12.5. The Morgan fingerprint density at radius 3 is 2.57 bits per heavy atom. The first kappa shape index (κ1) is 25.8. The lowest BCUT2D eigenvalue weighted by Gasteiger charge is -2.36. The molecule has 0 aliphatic carbocycles. The molecule has 2 aliphatic rings. The minimum atomic E-state index is -0.737. The number of halogens is 2. The Kier molecular flexibility index (Phi) is 8.55. The van der Waals surface area contributed by atoms with E-state index in [2.05, 4.69) is 9.80 Å². The van der Waals surface area contributed by atoms with Crippen molar-refractivity contribution in [3.8, 4) is 5.75 Å². The smallest absolute Gasteiger partial charge is 0.250 e. The number of unbranched alkanes of at least 4 members (excludes halogenated alkanes) is 1. The zero-order valence-corrected chi connectivity index (χ0v) is 21.5. The molecule has 1 atom stereocenters. The van der Waals surface area contributed by atoms with Crippen LogP contribution in [0.5, 0.6) is 5.75 Å². The van der Waals surface area contributed by atoms with E-state index >= 15 is 0 Å². The SMILES string of the molecule is CC(N)C(=O)N1C(=O)CCc2ccc(OCCCCN3CCN(c4cccc(Cl)c4Cl)CC3)cc21. The highest BCUT2D eigenvalue weighted by molar-refractivity contribution is 6.43. The standard InChI is InChI=1S/C26H32Cl2N4O3/c1-18(29)26(34)32-23-17-20(9-7-19(23)8-10-24(32)33)35-16-3-2-11-30-12-14-31(15-13-30)22-6-4-5-21(27)25(22)28/h4-7,9,17-18H,2-3,8,10-16,29H2,1H3. The van der Waals surface area contributed by atoms with E-state index in [4.69, 9.17) is 33.7 Å². The van der Waals surface area contributed by atoms with Crippen LogP contribution in [-0.2, 0) is 16.0 Å². The van der Waals surface area contributed by atoms with Gasteiger partial charge in [0, 0.05) is 38.7 Å². The molecule has 2 N–H and O–H groups in total. The molecule has 7 nitrogen and oxygen atoms in total. The van der Waals surface area contributed by atoms with Crippen LogP contribution in [0.15, 0.2) is 36.4 Å². The average molecular weight is 519 g/mol. The number of hydrogen-bond acceptors (Lipinski definition) is 6. The van der Waals surface area contributed by atoms with E-state index in [9.17, 15) is 9.59 Å². The number of hydrogen-bond donors (Lipinski definition) is 1. The molecule has 9 heteroatoms. The number of carbonyl (C=O) groups is 2. The zero-order chi connectivity index (χ0) is 24.9. The molecule has 2 heterocycles. The summed E-state index contributed by atoms with van der Waals surface area (Å²) in [6, 6.07) is 10.7. The highest BCUT2D eigenvalue weighted by Gasteiger charge is 2.31. The summed E-state index contributed by atoms with van der Waals surface area (Å²) in [6.45, 7) is 6.97. The van der Waals surface area contributed by atoms with Crippen LogP contribution >= 0.6 is 23.2 Å². The van der Waals surface area contributed by atoms with Crippen molar-refractivity contribution in [3.63, 3.8) is 0 Å². The maximum absolute atomic E-state index is 12.5. The Labute approximate surface area is 216 Å². The van der Waals surface area contributed by atoms with Crippen molar-refractivity contribution in [2.45, 2.75) is 38.6 Å². The van der Waals surface area contributed by atoms with Crippen LogP contribution in [0, 0.1) is 0 Å². The number of imide groups is 1. The molecule has 2 aromatic carbocycles. The largest absolute Gasteiger partial charge is 0.494 e. The lowest BCUT2D eigenvalue weighted by Crippen LogP contribution is -2.47. The lowest BCUT2D eigenvalue weighted by molar-refractivity contribution is -0.127. The molecule has 4 rings (SSSR count). The molecule has 188 valence electrons. The van der Waals surface area contributed by atoms with Gasteiger partial charge in [0.05, 0.1) is 34.1 Å². The van der Waals surface area contributed by atoms with Crippen LogP contribution in [0.1, 0.15) is 31.7 Å². The molecular formula is C26H32Cl2N4O3. The van der Waals surface area contributed by atoms with Gasteiger partial charge < -0.3 is 15.4 Å². The predicted octanol–water partition coefficient (Wildman–Crippen LogP) is 4.13. The number of anilines is 2. The van der Waals surface area contributed by atoms with Gasteiger partial charge >= 0.3 is 0 Å². The van der Waals surface area contributed by atoms with E-state index < -0.39 is 6.04 Å². The average Bonchev–Trinajstić information content (AvgIpc) is 2.85. The summed E-state index contributed by atoms with van der Waals surface area (Å²) in [6.07, 6.45) is 2.87. The topological polar surface area (TPSA) is 79.1 Å². The zero-order valence-electron chi connectivity index (χ0n) is 20.0. The van der Waals surface area contributed by atoms with Gasteiger partial charge in [-0.05, 0) is 56.5 Å². The highest BCUT2D eigenvalue weighted by atomic mass is 35.5. The Balaban J connectivity index is 1.22. The molecule has 2 aromatic rings. The molecule has 2 aliphatic heterocycles. The quantitative estimate of drug-likeness (QED) is 0.529. The van der Waals surface area contributed by atoms with Crippen molar-refractivity contribution < 1.29 is 14.3 Å². The summed E-state index contributed by atoms with van der Waals surface area (Å²) < 4.78 is 5.95. The number of piperazine rings is 1. The van der Waals surface area contributed by atoms with Crippen LogP contribution < -0.4 is 20.3 Å². The summed E-state index contributed by atoms with van der Waals surface area (Å²) >= 11 is 12.5. The lowest BCUT2D eigenvalue weighted by atomic mass is 10.00. The van der Waals surface area contributed by atoms with E-state index in [1.54, 1.807) is 13.0 Å². The molecule has 2 amide bonds. The molecule has 1 fully saturated rings. The number of carbonyl (C=O) groups excluding carboxylic acids is 2. The first-order valence-electron chi connectivity index (χ1n) is 12.1. The van der Waals surface area contributed by atoms with Crippen LogP contribution in [-0.4, -0.2) is 62.1 Å². The Bertz CT molecular complexity index is 1070. The summed E-state index contributed by atoms with van der Waals surface area (Å²) in [5.41, 5.74) is 8.31. The van der Waals surface area contributed by atoms with Crippen LogP contribution in [0.3, 0.4) is 0 Å². The van der Waals surface area contributed by atoms with E-state index in [-0.39, 0.29) is 11.8 Å². The number of rotatable bonds is 8. The number of benzene rings is 2. The Morgan fingerprint density at radius 1 is 1.06 bits per heavy atom. The fourth-order valence-corrected chi connectivity index (χ4v) is 4.98. The first-order valence-corrected chi connectivity index (χ1v) is 12.9. The molecule has 0 radical (unpaired) electrons. The van der Waals surface area contributed by atoms with Gasteiger partial charge in [0.2, 0.25) is 11.8 Å². The predicted molar refractivity (Wildman–Crippen MR) is 141 cm³/mol. The summed E-state index contributed by atoms with van der Waals surface area (Å²) in [5, 5.41) is 1.21. The van der Waals surface area contributed by atoms with Gasteiger partial charge in [-0.3, -0.25) is 14.5 Å². The van der Waals surface area contributed by atoms with Gasteiger partial charge in [0.25, 0.3) is 0 Å². The summed E-state index contributed by atoms with van der Waals surface area (Å²) in [5.74, 6) is 0.0634. The monoisotopic (exact) mass is 518 g/mol. The molecule has 0 bridgehead atoms.